The average molecular weight is 281 g/mol. The molecule has 21 heavy (non-hydrogen) atoms. The summed E-state index contributed by atoms with van der Waals surface area (Å²) in [5, 5.41) is 0. The van der Waals surface area contributed by atoms with Crippen LogP contribution in [0.3, 0.4) is 0 Å². The van der Waals surface area contributed by atoms with Crippen molar-refractivity contribution >= 4 is 16.9 Å². The van der Waals surface area contributed by atoms with Crippen molar-refractivity contribution in [3.63, 3.8) is 0 Å². The first-order chi connectivity index (χ1) is 10.3. The average Bonchev–Trinajstić information content (AvgIpc) is 2.86. The summed E-state index contributed by atoms with van der Waals surface area (Å²) in [5.74, 6) is 7.23. The zero-order valence-electron chi connectivity index (χ0n) is 12.1. The van der Waals surface area contributed by atoms with Gasteiger partial charge in [-0.15, -0.1) is 0 Å². The molecule has 1 aromatic carbocycles. The molecule has 3 N–H and O–H groups in total. The van der Waals surface area contributed by atoms with Crippen molar-refractivity contribution in [2.45, 2.75) is 26.3 Å². The summed E-state index contributed by atoms with van der Waals surface area (Å²) < 4.78 is 2.27. The molecule has 2 heterocycles. The van der Waals surface area contributed by atoms with Crippen LogP contribution in [0.15, 0.2) is 42.6 Å². The van der Waals surface area contributed by atoms with Gasteiger partial charge in [0.05, 0.1) is 11.0 Å². The lowest BCUT2D eigenvalue weighted by Gasteiger charge is -2.10. The molecule has 0 bridgehead atoms. The highest BCUT2D eigenvalue weighted by atomic mass is 15.2. The third-order valence-electron chi connectivity index (χ3n) is 3.52. The summed E-state index contributed by atoms with van der Waals surface area (Å²) in [7, 11) is 0. The van der Waals surface area contributed by atoms with Crippen LogP contribution in [-0.4, -0.2) is 14.5 Å². The molecular formula is C16H19N5. The third-order valence-corrected chi connectivity index (χ3v) is 3.52. The number of hydrazine groups is 1. The second-order valence-electron chi connectivity index (χ2n) is 5.05. The van der Waals surface area contributed by atoms with Crippen LogP contribution < -0.4 is 11.3 Å². The van der Waals surface area contributed by atoms with Crippen LogP contribution in [0.5, 0.6) is 0 Å². The summed E-state index contributed by atoms with van der Waals surface area (Å²) >= 11 is 0. The van der Waals surface area contributed by atoms with Crippen LogP contribution in [0.25, 0.3) is 11.0 Å². The monoisotopic (exact) mass is 281 g/mol. The van der Waals surface area contributed by atoms with Gasteiger partial charge in [0.15, 0.2) is 0 Å². The van der Waals surface area contributed by atoms with Gasteiger partial charge in [-0.25, -0.2) is 15.8 Å². The molecule has 0 unspecified atom stereocenters. The minimum Gasteiger partial charge on any atom is -0.323 e. The number of nitrogens with zero attached hydrogens (tertiary/aromatic N) is 3. The molecule has 5 nitrogen and oxygen atoms in total. The molecule has 108 valence electrons. The number of fused-ring (bicyclic) bond motifs is 1. The zero-order valence-corrected chi connectivity index (χ0v) is 12.1. The fourth-order valence-corrected chi connectivity index (χ4v) is 2.55. The standard InChI is InChI=1S/C16H19N5/c1-2-5-16-19-13-6-3-4-7-14(13)21(16)11-12-8-9-18-15(10-12)20-17/h3-4,6-10H,2,5,11,17H2,1H3,(H,18,20). The van der Waals surface area contributed by atoms with Gasteiger partial charge in [0.1, 0.15) is 11.6 Å². The highest BCUT2D eigenvalue weighted by molar-refractivity contribution is 5.76. The number of hydrogen-bond acceptors (Lipinski definition) is 4. The number of para-hydroxylation sites is 2. The van der Waals surface area contributed by atoms with Crippen LogP contribution in [-0.2, 0) is 13.0 Å². The SMILES string of the molecule is CCCc1nc2ccccc2n1Cc1ccnc(NN)c1. The first-order valence-electron chi connectivity index (χ1n) is 7.17. The van der Waals surface area contributed by atoms with Crippen molar-refractivity contribution in [3.05, 3.63) is 54.0 Å². The van der Waals surface area contributed by atoms with Gasteiger partial charge in [-0.1, -0.05) is 19.1 Å². The van der Waals surface area contributed by atoms with Crippen molar-refractivity contribution < 1.29 is 0 Å². The summed E-state index contributed by atoms with van der Waals surface area (Å²) in [4.78, 5) is 8.90. The molecule has 3 aromatic rings. The predicted octanol–water partition coefficient (Wildman–Crippen LogP) is 2.72. The van der Waals surface area contributed by atoms with E-state index in [1.807, 2.05) is 18.2 Å². The highest BCUT2D eigenvalue weighted by Crippen LogP contribution is 2.19. The van der Waals surface area contributed by atoms with E-state index < -0.39 is 0 Å². The molecule has 0 amide bonds. The van der Waals surface area contributed by atoms with Crippen LogP contribution in [0.2, 0.25) is 0 Å². The molecule has 0 fully saturated rings. The predicted molar refractivity (Wildman–Crippen MR) is 84.9 cm³/mol. The van der Waals surface area contributed by atoms with E-state index in [9.17, 15) is 0 Å². The first-order valence-corrected chi connectivity index (χ1v) is 7.17. The Bertz CT molecular complexity index is 747. The van der Waals surface area contributed by atoms with Gasteiger partial charge in [-0.2, -0.15) is 0 Å². The Kier molecular flexibility index (Phi) is 3.83. The number of imidazole rings is 1. The van der Waals surface area contributed by atoms with Gasteiger partial charge >= 0.3 is 0 Å². The minimum atomic E-state index is 0.675. The minimum absolute atomic E-state index is 0.675. The second-order valence-corrected chi connectivity index (χ2v) is 5.05. The van der Waals surface area contributed by atoms with E-state index in [1.54, 1.807) is 6.20 Å². The molecule has 0 aliphatic rings. The Balaban J connectivity index is 2.03. The number of rotatable bonds is 5. The number of nitrogens with one attached hydrogen (secondary N) is 1. The van der Waals surface area contributed by atoms with Crippen molar-refractivity contribution in [2.75, 3.05) is 5.43 Å². The fourth-order valence-electron chi connectivity index (χ4n) is 2.55. The van der Waals surface area contributed by atoms with Crippen LogP contribution >= 0.6 is 0 Å². The molecule has 5 heteroatoms. The van der Waals surface area contributed by atoms with Crippen LogP contribution in [0.4, 0.5) is 5.82 Å². The summed E-state index contributed by atoms with van der Waals surface area (Å²) in [5.41, 5.74) is 5.95. The molecule has 3 rings (SSSR count). The molecule has 0 radical (unpaired) electrons. The van der Waals surface area contributed by atoms with Gasteiger partial charge in [-0.3, -0.25) is 0 Å². The number of aromatic nitrogens is 3. The fraction of sp³-hybridized carbons (Fsp3) is 0.250. The number of hydrogen-bond donors (Lipinski definition) is 2. The van der Waals surface area contributed by atoms with Crippen LogP contribution in [0, 0.1) is 0 Å². The number of anilines is 1. The van der Waals surface area contributed by atoms with Crippen molar-refractivity contribution in [1.29, 1.82) is 0 Å². The summed E-state index contributed by atoms with van der Waals surface area (Å²) in [6, 6.07) is 12.2. The lowest BCUT2D eigenvalue weighted by molar-refractivity contribution is 0.721. The molecule has 0 spiro atoms. The maximum Gasteiger partial charge on any atom is 0.140 e. The normalized spacial score (nSPS) is 11.0. The van der Waals surface area contributed by atoms with Gasteiger partial charge in [0.25, 0.3) is 0 Å². The lowest BCUT2D eigenvalue weighted by atomic mass is 10.2. The number of nitrogen functional groups attached to an aromatic ring is 1. The molecule has 0 aliphatic heterocycles. The molecule has 0 saturated heterocycles. The van der Waals surface area contributed by atoms with Gasteiger partial charge in [-0.05, 0) is 36.2 Å². The molecule has 0 saturated carbocycles. The van der Waals surface area contributed by atoms with E-state index in [0.717, 1.165) is 36.3 Å². The Morgan fingerprint density at radius 1 is 1.24 bits per heavy atom. The third kappa shape index (κ3) is 2.73. The molecular weight excluding hydrogens is 262 g/mol. The second kappa shape index (κ2) is 5.93. The number of pyridine rings is 1. The highest BCUT2D eigenvalue weighted by Gasteiger charge is 2.10. The van der Waals surface area contributed by atoms with Crippen molar-refractivity contribution in [1.82, 2.24) is 14.5 Å². The Hall–Kier alpha value is -2.40. The van der Waals surface area contributed by atoms with Gasteiger partial charge < -0.3 is 9.99 Å². The Labute approximate surface area is 123 Å². The maximum atomic E-state index is 5.43. The summed E-state index contributed by atoms with van der Waals surface area (Å²) in [6.07, 6.45) is 3.82. The molecule has 2 aromatic heterocycles. The smallest absolute Gasteiger partial charge is 0.140 e. The van der Waals surface area contributed by atoms with E-state index in [4.69, 9.17) is 10.8 Å². The topological polar surface area (TPSA) is 68.8 Å². The number of benzene rings is 1. The van der Waals surface area contributed by atoms with E-state index in [1.165, 1.54) is 5.52 Å². The van der Waals surface area contributed by atoms with Gasteiger partial charge in [0, 0.05) is 19.2 Å². The van der Waals surface area contributed by atoms with E-state index in [-0.39, 0.29) is 0 Å². The maximum absolute atomic E-state index is 5.43. The van der Waals surface area contributed by atoms with E-state index in [0.29, 0.717) is 5.82 Å². The number of aryl methyl sites for hydroxylation is 1. The lowest BCUT2D eigenvalue weighted by Crippen LogP contribution is -2.10. The van der Waals surface area contributed by atoms with Crippen molar-refractivity contribution in [3.8, 4) is 0 Å². The van der Waals surface area contributed by atoms with E-state index >= 15 is 0 Å². The Morgan fingerprint density at radius 3 is 2.90 bits per heavy atom. The van der Waals surface area contributed by atoms with Gasteiger partial charge in [0.2, 0.25) is 0 Å². The quantitative estimate of drug-likeness (QED) is 0.557. The zero-order chi connectivity index (χ0) is 14.7. The molecule has 0 atom stereocenters. The van der Waals surface area contributed by atoms with E-state index in [2.05, 4.69) is 40.1 Å². The first kappa shape index (κ1) is 13.6. The van der Waals surface area contributed by atoms with Crippen molar-refractivity contribution in [2.24, 2.45) is 5.84 Å². The molecule has 0 aliphatic carbocycles. The largest absolute Gasteiger partial charge is 0.323 e. The summed E-state index contributed by atoms with van der Waals surface area (Å²) in [6.45, 7) is 2.94. The Morgan fingerprint density at radius 2 is 2.10 bits per heavy atom. The number of nitrogens with two attached hydrogens (primary N) is 1. The van der Waals surface area contributed by atoms with Crippen LogP contribution in [0.1, 0.15) is 24.7 Å².